The van der Waals surface area contributed by atoms with Gasteiger partial charge in [-0.25, -0.2) is 0 Å². The van der Waals surface area contributed by atoms with Crippen LogP contribution in [0.25, 0.3) is 0 Å². The van der Waals surface area contributed by atoms with E-state index >= 15 is 0 Å². The fraction of sp³-hybridized carbons (Fsp3) is 0.0625. The van der Waals surface area contributed by atoms with Gasteiger partial charge < -0.3 is 4.74 Å². The lowest BCUT2D eigenvalue weighted by Crippen LogP contribution is -1.91. The van der Waals surface area contributed by atoms with Crippen molar-refractivity contribution in [2.75, 3.05) is 0 Å². The van der Waals surface area contributed by atoms with E-state index in [1.807, 2.05) is 0 Å². The van der Waals surface area contributed by atoms with E-state index < -0.39 is 0 Å². The van der Waals surface area contributed by atoms with E-state index in [2.05, 4.69) is 41.6 Å². The maximum atomic E-state index is 11.0. The molecular formula is C16H8O2. The molecule has 0 unspecified atom stereocenters. The van der Waals surface area contributed by atoms with Gasteiger partial charge in [0.05, 0.1) is 0 Å². The molecule has 0 heterocycles. The van der Waals surface area contributed by atoms with E-state index in [0.29, 0.717) is 11.3 Å². The van der Waals surface area contributed by atoms with Crippen LogP contribution < -0.4 is 4.74 Å². The molecule has 0 atom stereocenters. The molecule has 0 aromatic heterocycles. The lowest BCUT2D eigenvalue weighted by Gasteiger charge is -1.97. The van der Waals surface area contributed by atoms with Crippen LogP contribution in [0.4, 0.5) is 0 Å². The summed E-state index contributed by atoms with van der Waals surface area (Å²) in [6, 6.07) is 6.67. The minimum atomic E-state index is 0.00517. The lowest BCUT2D eigenvalue weighted by atomic mass is 10.1. The standard InChI is InChI=1S/C16H8O2/c1-3-4-5-6-7-8-13-18-16-11-9-15(10-12-16)14(2)17/h1,9-12H,2H3. The van der Waals surface area contributed by atoms with Crippen molar-refractivity contribution >= 4 is 5.78 Å². The average molecular weight is 232 g/mol. The van der Waals surface area contributed by atoms with Crippen molar-refractivity contribution in [3.63, 3.8) is 0 Å². The van der Waals surface area contributed by atoms with Crippen molar-refractivity contribution in [1.29, 1.82) is 0 Å². The van der Waals surface area contributed by atoms with Crippen molar-refractivity contribution in [3.05, 3.63) is 29.8 Å². The van der Waals surface area contributed by atoms with Gasteiger partial charge in [0.25, 0.3) is 0 Å². The van der Waals surface area contributed by atoms with Crippen LogP contribution in [0.3, 0.4) is 0 Å². The Kier molecular flexibility index (Phi) is 5.23. The molecule has 0 aliphatic heterocycles. The minimum Gasteiger partial charge on any atom is -0.407 e. The second-order valence-electron chi connectivity index (χ2n) is 3.05. The van der Waals surface area contributed by atoms with Gasteiger partial charge in [0.2, 0.25) is 0 Å². The Morgan fingerprint density at radius 2 is 1.67 bits per heavy atom. The predicted molar refractivity (Wildman–Crippen MR) is 69.2 cm³/mol. The Hall–Kier alpha value is -3.07. The van der Waals surface area contributed by atoms with Gasteiger partial charge in [-0.2, -0.15) is 0 Å². The van der Waals surface area contributed by atoms with Crippen molar-refractivity contribution < 1.29 is 9.53 Å². The highest BCUT2D eigenvalue weighted by Crippen LogP contribution is 2.11. The van der Waals surface area contributed by atoms with Crippen LogP contribution in [0, 0.1) is 48.1 Å². The molecule has 1 rings (SSSR count). The first-order valence-corrected chi connectivity index (χ1v) is 4.97. The largest absolute Gasteiger partial charge is 0.407 e. The lowest BCUT2D eigenvalue weighted by molar-refractivity contribution is 0.101. The third kappa shape index (κ3) is 4.63. The Labute approximate surface area is 106 Å². The molecule has 0 amide bonds. The summed E-state index contributed by atoms with van der Waals surface area (Å²) in [4.78, 5) is 11.0. The normalized spacial score (nSPS) is 7.11. The fourth-order valence-electron chi connectivity index (χ4n) is 0.997. The zero-order valence-corrected chi connectivity index (χ0v) is 9.70. The number of rotatable bonds is 2. The number of terminal acetylenes is 1. The molecule has 1 aromatic carbocycles. The summed E-state index contributed by atoms with van der Waals surface area (Å²) in [6.45, 7) is 1.50. The molecule has 84 valence electrons. The fourth-order valence-corrected chi connectivity index (χ4v) is 0.997. The Balaban J connectivity index is 2.59. The van der Waals surface area contributed by atoms with E-state index in [4.69, 9.17) is 11.2 Å². The number of benzene rings is 1. The molecule has 0 saturated heterocycles. The summed E-state index contributed by atoms with van der Waals surface area (Å²) in [6.07, 6.45) is 7.30. The molecule has 2 heteroatoms. The highest BCUT2D eigenvalue weighted by atomic mass is 16.5. The van der Waals surface area contributed by atoms with Gasteiger partial charge in [0.1, 0.15) is 11.9 Å². The Morgan fingerprint density at radius 3 is 2.28 bits per heavy atom. The molecule has 0 saturated carbocycles. The maximum absolute atomic E-state index is 11.0. The smallest absolute Gasteiger partial charge is 0.159 e. The molecule has 0 aliphatic rings. The molecule has 0 aliphatic carbocycles. The monoisotopic (exact) mass is 232 g/mol. The molecule has 2 nitrogen and oxygen atoms in total. The van der Waals surface area contributed by atoms with Crippen molar-refractivity contribution in [2.45, 2.75) is 6.92 Å². The van der Waals surface area contributed by atoms with Crippen LogP contribution in [0.15, 0.2) is 24.3 Å². The molecule has 18 heavy (non-hydrogen) atoms. The quantitative estimate of drug-likeness (QED) is 0.574. The number of carbonyl (C=O) groups excluding carboxylic acids is 1. The van der Waals surface area contributed by atoms with Gasteiger partial charge >= 0.3 is 0 Å². The Morgan fingerprint density at radius 1 is 1.06 bits per heavy atom. The summed E-state index contributed by atoms with van der Waals surface area (Å²) < 4.78 is 5.08. The summed E-state index contributed by atoms with van der Waals surface area (Å²) in [7, 11) is 0. The van der Waals surface area contributed by atoms with Crippen LogP contribution in [0.1, 0.15) is 17.3 Å². The zero-order chi connectivity index (χ0) is 13.2. The summed E-state index contributed by atoms with van der Waals surface area (Å²) >= 11 is 0. The third-order valence-corrected chi connectivity index (χ3v) is 1.80. The van der Waals surface area contributed by atoms with Gasteiger partial charge in [-0.05, 0) is 49.0 Å². The Bertz CT molecular complexity index is 654. The number of ketones is 1. The number of hydrogen-bond acceptors (Lipinski definition) is 2. The van der Waals surface area contributed by atoms with Crippen molar-refractivity contribution in [2.24, 2.45) is 0 Å². The van der Waals surface area contributed by atoms with Crippen LogP contribution in [0.2, 0.25) is 0 Å². The maximum Gasteiger partial charge on any atom is 0.159 e. The number of Topliss-reactive ketones (excluding diaryl/α,β-unsaturated/α-hetero) is 1. The topological polar surface area (TPSA) is 26.3 Å². The van der Waals surface area contributed by atoms with E-state index in [1.165, 1.54) is 6.92 Å². The van der Waals surface area contributed by atoms with E-state index in [0.717, 1.165) is 0 Å². The van der Waals surface area contributed by atoms with Gasteiger partial charge in [-0.3, -0.25) is 4.79 Å². The molecule has 0 radical (unpaired) electrons. The number of carbonyl (C=O) groups is 1. The van der Waals surface area contributed by atoms with Gasteiger partial charge in [0, 0.05) is 23.3 Å². The van der Waals surface area contributed by atoms with E-state index in [-0.39, 0.29) is 5.78 Å². The van der Waals surface area contributed by atoms with Crippen molar-refractivity contribution in [1.82, 2.24) is 0 Å². The van der Waals surface area contributed by atoms with E-state index in [1.54, 1.807) is 24.3 Å². The molecule has 0 N–H and O–H groups in total. The van der Waals surface area contributed by atoms with Crippen molar-refractivity contribution in [3.8, 4) is 53.8 Å². The molecule has 1 aromatic rings. The molecule has 0 spiro atoms. The number of ether oxygens (including phenoxy) is 1. The van der Waals surface area contributed by atoms with Crippen LogP contribution in [-0.2, 0) is 0 Å². The minimum absolute atomic E-state index is 0.00517. The van der Waals surface area contributed by atoms with Crippen LogP contribution in [0.5, 0.6) is 5.75 Å². The van der Waals surface area contributed by atoms with Crippen LogP contribution in [-0.4, -0.2) is 5.78 Å². The number of hydrogen-bond donors (Lipinski definition) is 0. The highest BCUT2D eigenvalue weighted by molar-refractivity contribution is 5.94. The summed E-state index contributed by atoms with van der Waals surface area (Å²) in [5, 5.41) is 0. The van der Waals surface area contributed by atoms with E-state index in [9.17, 15) is 4.79 Å². The first kappa shape index (κ1) is 13.0. The zero-order valence-electron chi connectivity index (χ0n) is 9.70. The third-order valence-electron chi connectivity index (χ3n) is 1.80. The highest BCUT2D eigenvalue weighted by Gasteiger charge is 1.98. The van der Waals surface area contributed by atoms with Crippen LogP contribution >= 0.6 is 0 Å². The van der Waals surface area contributed by atoms with Gasteiger partial charge in [0.15, 0.2) is 5.78 Å². The predicted octanol–water partition coefficient (Wildman–Crippen LogP) is 1.87. The second-order valence-corrected chi connectivity index (χ2v) is 3.05. The first-order valence-electron chi connectivity index (χ1n) is 4.97. The first-order chi connectivity index (χ1) is 8.74. The molecule has 0 fully saturated rings. The SMILES string of the molecule is C#CC#CC#CC#COc1ccc(C(C)=O)cc1. The molecular weight excluding hydrogens is 224 g/mol. The summed E-state index contributed by atoms with van der Waals surface area (Å²) in [5.74, 6) is 14.8. The second kappa shape index (κ2) is 7.24. The summed E-state index contributed by atoms with van der Waals surface area (Å²) in [5.41, 5.74) is 0.625. The van der Waals surface area contributed by atoms with Gasteiger partial charge in [-0.15, -0.1) is 6.42 Å². The van der Waals surface area contributed by atoms with Gasteiger partial charge in [-0.1, -0.05) is 0 Å². The molecule has 0 bridgehead atoms. The average Bonchev–Trinajstić information content (AvgIpc) is 2.38.